The molecule has 7 nitrogen and oxygen atoms in total. The van der Waals surface area contributed by atoms with Crippen LogP contribution in [0.2, 0.25) is 0 Å². The van der Waals surface area contributed by atoms with Crippen LogP contribution in [0, 0.1) is 10.1 Å². The third-order valence-corrected chi connectivity index (χ3v) is 2.59. The van der Waals surface area contributed by atoms with Gasteiger partial charge in [0.25, 0.3) is 0 Å². The second kappa shape index (κ2) is 4.46. The monoisotopic (exact) mass is 250 g/mol. The van der Waals surface area contributed by atoms with Gasteiger partial charge < -0.3 is 15.2 Å². The number of pyridine rings is 1. The molecule has 1 atom stereocenters. The summed E-state index contributed by atoms with van der Waals surface area (Å²) in [5, 5.41) is 30.1. The van der Waals surface area contributed by atoms with Gasteiger partial charge in [0.1, 0.15) is 11.9 Å². The number of aromatic amines is 1. The zero-order chi connectivity index (χ0) is 13.3. The van der Waals surface area contributed by atoms with Gasteiger partial charge in [-0.05, 0) is 17.7 Å². The van der Waals surface area contributed by atoms with Crippen LogP contribution in [0.4, 0.5) is 0 Å². The average Bonchev–Trinajstić information content (AvgIpc) is 2.29. The maximum Gasteiger partial charge on any atom is 0.248 e. The molecule has 0 saturated carbocycles. The van der Waals surface area contributed by atoms with E-state index in [0.717, 1.165) is 0 Å². The number of nitro groups is 1. The second-order valence-electron chi connectivity index (χ2n) is 3.82. The van der Waals surface area contributed by atoms with Crippen LogP contribution >= 0.6 is 0 Å². The Morgan fingerprint density at radius 1 is 1.33 bits per heavy atom. The van der Waals surface area contributed by atoms with Gasteiger partial charge in [0.15, 0.2) is 0 Å². The molecule has 18 heavy (non-hydrogen) atoms. The van der Waals surface area contributed by atoms with Gasteiger partial charge in [-0.2, -0.15) is 0 Å². The number of rotatable bonds is 3. The number of aliphatic hydroxyl groups excluding tert-OH is 1. The summed E-state index contributed by atoms with van der Waals surface area (Å²) in [6, 6.07) is 5.30. The number of phenolic OH excluding ortho intramolecular Hbond substituents is 1. The normalized spacial score (nSPS) is 12.5. The van der Waals surface area contributed by atoms with Gasteiger partial charge in [-0.3, -0.25) is 14.9 Å². The van der Waals surface area contributed by atoms with E-state index in [1.807, 2.05) is 0 Å². The standard InChI is InChI=1S/C11H10N2O5/c14-8-3-1-6(9(15)5-13(17)18)7-2-4-10(16)12-11(7)8/h1-4,9,14-15H,5H2,(H,12,16). The highest BCUT2D eigenvalue weighted by Gasteiger charge is 2.18. The highest BCUT2D eigenvalue weighted by Crippen LogP contribution is 2.28. The minimum Gasteiger partial charge on any atom is -0.506 e. The van der Waals surface area contributed by atoms with Gasteiger partial charge in [-0.25, -0.2) is 0 Å². The molecule has 0 saturated heterocycles. The molecule has 1 heterocycles. The summed E-state index contributed by atoms with van der Waals surface area (Å²) in [7, 11) is 0. The highest BCUT2D eigenvalue weighted by molar-refractivity contribution is 5.87. The van der Waals surface area contributed by atoms with Crippen molar-refractivity contribution < 1.29 is 15.1 Å². The van der Waals surface area contributed by atoms with Crippen molar-refractivity contribution in [3.8, 4) is 5.75 Å². The Morgan fingerprint density at radius 2 is 2.06 bits per heavy atom. The molecule has 7 heteroatoms. The summed E-state index contributed by atoms with van der Waals surface area (Å²) >= 11 is 0. The Hall–Kier alpha value is -2.41. The number of aliphatic hydroxyl groups is 1. The fraction of sp³-hybridized carbons (Fsp3) is 0.182. The van der Waals surface area contributed by atoms with Crippen molar-refractivity contribution in [3.05, 3.63) is 50.3 Å². The van der Waals surface area contributed by atoms with Crippen LogP contribution in [0.5, 0.6) is 5.75 Å². The lowest BCUT2D eigenvalue weighted by molar-refractivity contribution is -0.491. The molecule has 1 unspecified atom stereocenters. The molecule has 0 bridgehead atoms. The molecule has 0 aliphatic rings. The van der Waals surface area contributed by atoms with Crippen LogP contribution in [0.15, 0.2) is 29.1 Å². The number of hydrogen-bond acceptors (Lipinski definition) is 5. The first-order chi connectivity index (χ1) is 8.49. The first-order valence-corrected chi connectivity index (χ1v) is 5.14. The van der Waals surface area contributed by atoms with Crippen molar-refractivity contribution in [1.29, 1.82) is 0 Å². The Bertz CT molecular complexity index is 664. The number of phenols is 1. The second-order valence-corrected chi connectivity index (χ2v) is 3.82. The van der Waals surface area contributed by atoms with E-state index in [4.69, 9.17) is 0 Å². The van der Waals surface area contributed by atoms with Crippen LogP contribution in [0.3, 0.4) is 0 Å². The third kappa shape index (κ3) is 2.16. The lowest BCUT2D eigenvalue weighted by Crippen LogP contribution is -2.13. The van der Waals surface area contributed by atoms with Crippen LogP contribution in [0.25, 0.3) is 10.9 Å². The summed E-state index contributed by atoms with van der Waals surface area (Å²) in [4.78, 5) is 23.3. The molecule has 2 rings (SSSR count). The molecule has 0 fully saturated rings. The summed E-state index contributed by atoms with van der Waals surface area (Å²) in [5.74, 6) is -0.153. The van der Waals surface area contributed by atoms with Crippen LogP contribution in [-0.2, 0) is 0 Å². The average molecular weight is 250 g/mol. The van der Waals surface area contributed by atoms with E-state index >= 15 is 0 Å². The van der Waals surface area contributed by atoms with Crippen molar-refractivity contribution in [1.82, 2.24) is 4.98 Å². The zero-order valence-electron chi connectivity index (χ0n) is 9.16. The van der Waals surface area contributed by atoms with Gasteiger partial charge in [0, 0.05) is 16.4 Å². The molecular formula is C11H10N2O5. The molecule has 1 aromatic carbocycles. The Kier molecular flexibility index (Phi) is 2.99. The molecule has 0 aliphatic heterocycles. The Balaban J connectivity index is 2.62. The molecule has 1 aromatic heterocycles. The lowest BCUT2D eigenvalue weighted by Gasteiger charge is -2.10. The first-order valence-electron chi connectivity index (χ1n) is 5.14. The van der Waals surface area contributed by atoms with Gasteiger partial charge in [0.05, 0.1) is 5.52 Å². The molecule has 0 spiro atoms. The van der Waals surface area contributed by atoms with E-state index < -0.39 is 23.1 Å². The summed E-state index contributed by atoms with van der Waals surface area (Å²) < 4.78 is 0. The SMILES string of the molecule is O=c1ccc2c(C(O)C[N+](=O)[O-])ccc(O)c2[nH]1. The minimum atomic E-state index is -1.30. The maximum atomic E-state index is 11.2. The number of nitrogens with zero attached hydrogens (tertiary/aromatic N) is 1. The number of H-pyrrole nitrogens is 1. The molecule has 0 aliphatic carbocycles. The molecule has 0 radical (unpaired) electrons. The number of hydrogen-bond donors (Lipinski definition) is 3. The molecule has 2 aromatic rings. The number of benzene rings is 1. The van der Waals surface area contributed by atoms with Gasteiger partial charge >= 0.3 is 0 Å². The summed E-state index contributed by atoms with van der Waals surface area (Å²) in [5.41, 5.74) is 0.0388. The minimum absolute atomic E-state index is 0.153. The molecule has 94 valence electrons. The van der Waals surface area contributed by atoms with E-state index in [2.05, 4.69) is 4.98 Å². The fourth-order valence-electron chi connectivity index (χ4n) is 1.79. The van der Waals surface area contributed by atoms with E-state index in [1.54, 1.807) is 0 Å². The third-order valence-electron chi connectivity index (χ3n) is 2.59. The van der Waals surface area contributed by atoms with Crippen molar-refractivity contribution >= 4 is 10.9 Å². The molecule has 3 N–H and O–H groups in total. The van der Waals surface area contributed by atoms with Crippen LogP contribution in [-0.4, -0.2) is 26.7 Å². The molecular weight excluding hydrogens is 240 g/mol. The molecule has 0 amide bonds. The fourth-order valence-corrected chi connectivity index (χ4v) is 1.79. The van der Waals surface area contributed by atoms with Crippen molar-refractivity contribution in [2.24, 2.45) is 0 Å². The van der Waals surface area contributed by atoms with Gasteiger partial charge in [0.2, 0.25) is 12.1 Å². The van der Waals surface area contributed by atoms with Crippen molar-refractivity contribution in [3.63, 3.8) is 0 Å². The number of fused-ring (bicyclic) bond motifs is 1. The predicted molar refractivity (Wildman–Crippen MR) is 63.1 cm³/mol. The van der Waals surface area contributed by atoms with Gasteiger partial charge in [-0.15, -0.1) is 0 Å². The van der Waals surface area contributed by atoms with Gasteiger partial charge in [-0.1, -0.05) is 6.07 Å². The van der Waals surface area contributed by atoms with Crippen LogP contribution < -0.4 is 5.56 Å². The van der Waals surface area contributed by atoms with E-state index in [0.29, 0.717) is 5.39 Å². The summed E-state index contributed by atoms with van der Waals surface area (Å²) in [6.45, 7) is -0.640. The van der Waals surface area contributed by atoms with E-state index in [1.165, 1.54) is 24.3 Å². The lowest BCUT2D eigenvalue weighted by atomic mass is 10.0. The van der Waals surface area contributed by atoms with E-state index in [-0.39, 0.29) is 16.8 Å². The quantitative estimate of drug-likeness (QED) is 0.543. The zero-order valence-corrected chi connectivity index (χ0v) is 9.16. The summed E-state index contributed by atoms with van der Waals surface area (Å²) in [6.07, 6.45) is -1.30. The number of aromatic nitrogens is 1. The van der Waals surface area contributed by atoms with Crippen LogP contribution in [0.1, 0.15) is 11.7 Å². The largest absolute Gasteiger partial charge is 0.506 e. The van der Waals surface area contributed by atoms with Crippen molar-refractivity contribution in [2.75, 3.05) is 6.54 Å². The first kappa shape index (κ1) is 12.1. The number of aromatic hydroxyl groups is 1. The smallest absolute Gasteiger partial charge is 0.248 e. The van der Waals surface area contributed by atoms with E-state index in [9.17, 15) is 25.1 Å². The highest BCUT2D eigenvalue weighted by atomic mass is 16.6. The predicted octanol–water partition coefficient (Wildman–Crippen LogP) is 0.544. The Morgan fingerprint density at radius 3 is 2.72 bits per heavy atom. The van der Waals surface area contributed by atoms with Crippen molar-refractivity contribution in [2.45, 2.75) is 6.10 Å². The Labute approximate surface area is 100 Å². The topological polar surface area (TPSA) is 116 Å². The maximum absolute atomic E-state index is 11.2. The number of nitrogens with one attached hydrogen (secondary N) is 1.